The van der Waals surface area contributed by atoms with Crippen LogP contribution < -0.4 is 0 Å². The van der Waals surface area contributed by atoms with Gasteiger partial charge in [0.1, 0.15) is 5.69 Å². The minimum absolute atomic E-state index is 0.0738. The van der Waals surface area contributed by atoms with E-state index in [1.54, 1.807) is 6.92 Å². The molecule has 0 saturated carbocycles. The van der Waals surface area contributed by atoms with Gasteiger partial charge in [0.2, 0.25) is 0 Å². The van der Waals surface area contributed by atoms with Crippen molar-refractivity contribution < 1.29 is 18.7 Å². The first kappa shape index (κ1) is 13.0. The summed E-state index contributed by atoms with van der Waals surface area (Å²) in [7, 11) is 0. The fraction of sp³-hybridized carbons (Fsp3) is 0.400. The molecule has 1 heterocycles. The Balaban J connectivity index is 3.24. The predicted molar refractivity (Wildman–Crippen MR) is 57.9 cm³/mol. The number of carbonyl (C=O) groups is 1. The molecule has 1 aromatic heterocycles. The Kier molecular flexibility index (Phi) is 4.35. The molecule has 0 saturated heterocycles. The van der Waals surface area contributed by atoms with E-state index in [0.29, 0.717) is 16.6 Å². The van der Waals surface area contributed by atoms with Gasteiger partial charge in [0.15, 0.2) is 0 Å². The van der Waals surface area contributed by atoms with E-state index in [1.807, 2.05) is 0 Å². The lowest BCUT2D eigenvalue weighted by atomic mass is 10.1. The maximum absolute atomic E-state index is 12.7. The summed E-state index contributed by atoms with van der Waals surface area (Å²) in [5.41, 5.74) is 0.842. The van der Waals surface area contributed by atoms with Crippen molar-refractivity contribution in [3.05, 3.63) is 28.6 Å². The minimum Gasteiger partial charge on any atom is -0.481 e. The third kappa shape index (κ3) is 2.98. The summed E-state index contributed by atoms with van der Waals surface area (Å²) in [4.78, 5) is 14.3. The summed E-state index contributed by atoms with van der Waals surface area (Å²) in [6, 6.07) is 1.46. The second-order valence-electron chi connectivity index (χ2n) is 3.30. The van der Waals surface area contributed by atoms with Crippen molar-refractivity contribution in [3.63, 3.8) is 0 Å². The molecule has 6 heteroatoms. The van der Waals surface area contributed by atoms with Gasteiger partial charge in [0.25, 0.3) is 6.43 Å². The monoisotopic (exact) mass is 293 g/mol. The number of aryl methyl sites for hydroxylation is 1. The summed E-state index contributed by atoms with van der Waals surface area (Å²) < 4.78 is 25.3. The number of nitrogens with zero attached hydrogens (tertiary/aromatic N) is 1. The number of carboxylic acids is 1. The highest BCUT2D eigenvalue weighted by atomic mass is 79.9. The molecule has 0 aromatic carbocycles. The van der Waals surface area contributed by atoms with E-state index in [2.05, 4.69) is 20.9 Å². The number of hydrogen-bond donors (Lipinski definition) is 1. The molecule has 0 aliphatic heterocycles. The Bertz CT molecular complexity index is 410. The van der Waals surface area contributed by atoms with Crippen LogP contribution in [0.3, 0.4) is 0 Å². The summed E-state index contributed by atoms with van der Waals surface area (Å²) in [6.07, 6.45) is -3.19. The van der Waals surface area contributed by atoms with Gasteiger partial charge in [-0.25, -0.2) is 8.78 Å². The van der Waals surface area contributed by atoms with Crippen molar-refractivity contribution in [1.29, 1.82) is 0 Å². The van der Waals surface area contributed by atoms with Gasteiger partial charge in [-0.2, -0.15) is 0 Å². The molecule has 1 aromatic rings. The van der Waals surface area contributed by atoms with Crippen molar-refractivity contribution >= 4 is 21.9 Å². The van der Waals surface area contributed by atoms with E-state index < -0.39 is 24.5 Å². The molecular formula is C10H10BrF2NO2. The van der Waals surface area contributed by atoms with Crippen LogP contribution in [-0.2, 0) is 16.5 Å². The van der Waals surface area contributed by atoms with Crippen LogP contribution in [0.2, 0.25) is 0 Å². The second kappa shape index (κ2) is 5.34. The summed E-state index contributed by atoms with van der Waals surface area (Å²) in [5, 5.41) is 8.98. The average Bonchev–Trinajstić information content (AvgIpc) is 2.16. The number of rotatable bonds is 4. The van der Waals surface area contributed by atoms with Gasteiger partial charge in [0.05, 0.1) is 12.1 Å². The zero-order chi connectivity index (χ0) is 12.3. The molecule has 0 radical (unpaired) electrons. The van der Waals surface area contributed by atoms with Crippen LogP contribution in [0.5, 0.6) is 0 Å². The lowest BCUT2D eigenvalue weighted by molar-refractivity contribution is -0.136. The zero-order valence-corrected chi connectivity index (χ0v) is 10.1. The highest BCUT2D eigenvalue weighted by molar-refractivity contribution is 9.08. The van der Waals surface area contributed by atoms with Crippen molar-refractivity contribution in [1.82, 2.24) is 4.98 Å². The van der Waals surface area contributed by atoms with Gasteiger partial charge in [-0.3, -0.25) is 9.78 Å². The predicted octanol–water partition coefficient (Wildman–Crippen LogP) is 2.85. The van der Waals surface area contributed by atoms with E-state index in [4.69, 9.17) is 5.11 Å². The van der Waals surface area contributed by atoms with Crippen molar-refractivity contribution in [3.8, 4) is 0 Å². The highest BCUT2D eigenvalue weighted by Crippen LogP contribution is 2.24. The number of pyridine rings is 1. The molecule has 0 bridgehead atoms. The number of halogens is 3. The van der Waals surface area contributed by atoms with Gasteiger partial charge in [-0.05, 0) is 18.1 Å². The van der Waals surface area contributed by atoms with Crippen molar-refractivity contribution in [2.45, 2.75) is 25.1 Å². The summed E-state index contributed by atoms with van der Waals surface area (Å²) >= 11 is 3.14. The Morgan fingerprint density at radius 3 is 2.69 bits per heavy atom. The van der Waals surface area contributed by atoms with E-state index in [-0.39, 0.29) is 5.56 Å². The molecule has 88 valence electrons. The Morgan fingerprint density at radius 1 is 1.62 bits per heavy atom. The molecule has 0 atom stereocenters. The van der Waals surface area contributed by atoms with Gasteiger partial charge in [0, 0.05) is 5.33 Å². The Labute approximate surface area is 99.6 Å². The average molecular weight is 294 g/mol. The molecule has 1 N–H and O–H groups in total. The number of aliphatic carboxylic acids is 1. The summed E-state index contributed by atoms with van der Waals surface area (Å²) in [5.74, 6) is -1.14. The standard InChI is InChI=1S/C10H10BrF2NO2/c1-5-2-6(3-8(15)16)9(10(12)13)14-7(5)4-11/h2,10H,3-4H2,1H3,(H,15,16). The fourth-order valence-electron chi connectivity index (χ4n) is 1.35. The van der Waals surface area contributed by atoms with Crippen LogP contribution in [0.4, 0.5) is 8.78 Å². The first-order chi connectivity index (χ1) is 7.45. The number of carboxylic acid groups (broad SMARTS) is 1. The SMILES string of the molecule is Cc1cc(CC(=O)O)c(C(F)F)nc1CBr. The van der Waals surface area contributed by atoms with E-state index in [9.17, 15) is 13.6 Å². The third-order valence-electron chi connectivity index (χ3n) is 2.11. The first-order valence-corrected chi connectivity index (χ1v) is 5.63. The van der Waals surface area contributed by atoms with Crippen LogP contribution in [0.25, 0.3) is 0 Å². The molecule has 0 aliphatic rings. The van der Waals surface area contributed by atoms with Crippen molar-refractivity contribution in [2.75, 3.05) is 0 Å². The largest absolute Gasteiger partial charge is 0.481 e. The molecule has 0 amide bonds. The third-order valence-corrected chi connectivity index (χ3v) is 2.64. The smallest absolute Gasteiger partial charge is 0.307 e. The number of aromatic nitrogens is 1. The van der Waals surface area contributed by atoms with Gasteiger partial charge in [-0.15, -0.1) is 0 Å². The second-order valence-corrected chi connectivity index (χ2v) is 3.86. The van der Waals surface area contributed by atoms with Gasteiger partial charge < -0.3 is 5.11 Å². The molecule has 0 fully saturated rings. The van der Waals surface area contributed by atoms with Crippen LogP contribution >= 0.6 is 15.9 Å². The highest BCUT2D eigenvalue weighted by Gasteiger charge is 2.18. The van der Waals surface area contributed by atoms with Gasteiger partial charge >= 0.3 is 5.97 Å². The minimum atomic E-state index is -2.76. The normalized spacial score (nSPS) is 10.8. The van der Waals surface area contributed by atoms with E-state index >= 15 is 0 Å². The fourth-order valence-corrected chi connectivity index (χ4v) is 1.92. The Morgan fingerprint density at radius 2 is 2.25 bits per heavy atom. The lowest BCUT2D eigenvalue weighted by Gasteiger charge is -2.10. The first-order valence-electron chi connectivity index (χ1n) is 4.51. The quantitative estimate of drug-likeness (QED) is 0.869. The number of alkyl halides is 3. The molecule has 1 rings (SSSR count). The van der Waals surface area contributed by atoms with E-state index in [1.165, 1.54) is 6.07 Å². The number of hydrogen-bond acceptors (Lipinski definition) is 2. The van der Waals surface area contributed by atoms with Crippen LogP contribution in [0.1, 0.15) is 28.9 Å². The summed E-state index contributed by atoms with van der Waals surface area (Å²) in [6.45, 7) is 1.71. The zero-order valence-electron chi connectivity index (χ0n) is 8.51. The maximum atomic E-state index is 12.7. The lowest BCUT2D eigenvalue weighted by Crippen LogP contribution is -2.08. The molecule has 0 aliphatic carbocycles. The molecular weight excluding hydrogens is 284 g/mol. The molecule has 16 heavy (non-hydrogen) atoms. The van der Waals surface area contributed by atoms with Gasteiger partial charge in [-0.1, -0.05) is 22.0 Å². The van der Waals surface area contributed by atoms with Crippen molar-refractivity contribution in [2.24, 2.45) is 0 Å². The van der Waals surface area contributed by atoms with Crippen LogP contribution in [0, 0.1) is 6.92 Å². The molecule has 0 unspecified atom stereocenters. The maximum Gasteiger partial charge on any atom is 0.307 e. The van der Waals surface area contributed by atoms with Crippen LogP contribution in [-0.4, -0.2) is 16.1 Å². The van der Waals surface area contributed by atoms with Crippen LogP contribution in [0.15, 0.2) is 6.07 Å². The topological polar surface area (TPSA) is 50.2 Å². The molecule has 3 nitrogen and oxygen atoms in total. The Hall–Kier alpha value is -1.04. The van der Waals surface area contributed by atoms with E-state index in [0.717, 1.165) is 0 Å². The molecule has 0 spiro atoms.